The Bertz CT molecular complexity index is 450. The molecule has 0 unspecified atom stereocenters. The Hall–Kier alpha value is -1.13. The Labute approximate surface area is 115 Å². The van der Waals surface area contributed by atoms with Gasteiger partial charge in [0.05, 0.1) is 0 Å². The summed E-state index contributed by atoms with van der Waals surface area (Å²) in [4.78, 5) is 9.75. The Morgan fingerprint density at radius 2 is 1.89 bits per heavy atom. The van der Waals surface area contributed by atoms with Crippen molar-refractivity contribution in [1.29, 1.82) is 0 Å². The molecule has 2 N–H and O–H groups in total. The van der Waals surface area contributed by atoms with Crippen LogP contribution >= 0.6 is 0 Å². The predicted octanol–water partition coefficient (Wildman–Crippen LogP) is 1.17. The number of rotatable bonds is 2. The van der Waals surface area contributed by atoms with Gasteiger partial charge in [-0.2, -0.15) is 0 Å². The molecule has 104 valence electrons. The third-order valence-electron chi connectivity index (χ3n) is 4.38. The molecule has 2 heterocycles. The van der Waals surface area contributed by atoms with Gasteiger partial charge >= 0.3 is 0 Å². The average molecular weight is 260 g/mol. The maximum absolute atomic E-state index is 5.94. The number of pyridine rings is 1. The van der Waals surface area contributed by atoms with Gasteiger partial charge in [0.2, 0.25) is 0 Å². The minimum Gasteiger partial charge on any atom is -0.354 e. The molecular weight excluding hydrogens is 236 g/mol. The second-order valence-electron chi connectivity index (χ2n) is 5.78. The third kappa shape index (κ3) is 2.60. The van der Waals surface area contributed by atoms with Crippen LogP contribution in [0.4, 0.5) is 5.82 Å². The van der Waals surface area contributed by atoms with Crippen molar-refractivity contribution in [2.24, 2.45) is 5.73 Å². The number of hydrogen-bond acceptors (Lipinski definition) is 4. The van der Waals surface area contributed by atoms with Crippen molar-refractivity contribution in [3.05, 3.63) is 22.9 Å². The highest BCUT2D eigenvalue weighted by molar-refractivity contribution is 5.51. The summed E-state index contributed by atoms with van der Waals surface area (Å²) in [6.45, 7) is 4.96. The van der Waals surface area contributed by atoms with Gasteiger partial charge < -0.3 is 15.5 Å². The summed E-state index contributed by atoms with van der Waals surface area (Å²) in [7, 11) is 2.18. The normalized spacial score (nSPS) is 20.4. The Balaban J connectivity index is 1.91. The fraction of sp³-hybridized carbons (Fsp3) is 0.667. The number of nitrogens with zero attached hydrogens (tertiary/aromatic N) is 3. The summed E-state index contributed by atoms with van der Waals surface area (Å²) in [6.07, 6.45) is 4.90. The molecule has 0 spiro atoms. The zero-order valence-corrected chi connectivity index (χ0v) is 11.9. The van der Waals surface area contributed by atoms with Crippen LogP contribution in [0.25, 0.3) is 0 Å². The molecular formula is C15H24N4. The number of nitrogens with two attached hydrogens (primary N) is 1. The van der Waals surface area contributed by atoms with Crippen molar-refractivity contribution in [1.82, 2.24) is 9.88 Å². The molecule has 1 aliphatic carbocycles. The van der Waals surface area contributed by atoms with E-state index >= 15 is 0 Å². The summed E-state index contributed by atoms with van der Waals surface area (Å²) in [5.41, 5.74) is 9.92. The Morgan fingerprint density at radius 3 is 2.63 bits per heavy atom. The number of likely N-dealkylation sites (N-methyl/N-ethyl adjacent to an activating group) is 1. The molecule has 1 fully saturated rings. The number of aromatic nitrogens is 1. The van der Waals surface area contributed by atoms with Crippen molar-refractivity contribution in [2.75, 3.05) is 38.1 Å². The third-order valence-corrected chi connectivity index (χ3v) is 4.38. The van der Waals surface area contributed by atoms with Gasteiger partial charge in [0.15, 0.2) is 0 Å². The van der Waals surface area contributed by atoms with E-state index in [-0.39, 0.29) is 0 Å². The SMILES string of the molecule is CN1CCN(c2nc3c(cc2CN)CCCC3)CC1. The lowest BCUT2D eigenvalue weighted by atomic mass is 9.94. The van der Waals surface area contributed by atoms with Crippen molar-refractivity contribution >= 4 is 5.82 Å². The van der Waals surface area contributed by atoms with Crippen LogP contribution in [-0.2, 0) is 19.4 Å². The van der Waals surface area contributed by atoms with Crippen LogP contribution in [0.3, 0.4) is 0 Å². The van der Waals surface area contributed by atoms with Gasteiger partial charge in [-0.3, -0.25) is 0 Å². The number of anilines is 1. The fourth-order valence-electron chi connectivity index (χ4n) is 3.11. The minimum absolute atomic E-state index is 0.599. The van der Waals surface area contributed by atoms with E-state index in [0.29, 0.717) is 6.54 Å². The molecule has 19 heavy (non-hydrogen) atoms. The van der Waals surface area contributed by atoms with E-state index in [2.05, 4.69) is 22.9 Å². The molecule has 0 saturated carbocycles. The van der Waals surface area contributed by atoms with Gasteiger partial charge in [0, 0.05) is 44.0 Å². The molecule has 4 heteroatoms. The first-order valence-corrected chi connectivity index (χ1v) is 7.43. The van der Waals surface area contributed by atoms with Gasteiger partial charge in [0.25, 0.3) is 0 Å². The van der Waals surface area contributed by atoms with E-state index in [1.165, 1.54) is 36.1 Å². The molecule has 1 aromatic rings. The predicted molar refractivity (Wildman–Crippen MR) is 78.5 cm³/mol. The van der Waals surface area contributed by atoms with Crippen molar-refractivity contribution in [2.45, 2.75) is 32.2 Å². The molecule has 4 nitrogen and oxygen atoms in total. The molecule has 0 amide bonds. The minimum atomic E-state index is 0.599. The zero-order valence-electron chi connectivity index (χ0n) is 11.9. The quantitative estimate of drug-likeness (QED) is 0.867. The van der Waals surface area contributed by atoms with Crippen LogP contribution in [0.1, 0.15) is 29.7 Å². The zero-order chi connectivity index (χ0) is 13.2. The molecule has 1 aliphatic heterocycles. The summed E-state index contributed by atoms with van der Waals surface area (Å²) in [5, 5.41) is 0. The van der Waals surface area contributed by atoms with Gasteiger partial charge in [-0.15, -0.1) is 0 Å². The first kappa shape index (κ1) is 12.9. The van der Waals surface area contributed by atoms with Crippen LogP contribution in [0.15, 0.2) is 6.07 Å². The molecule has 3 rings (SSSR count). The highest BCUT2D eigenvalue weighted by Gasteiger charge is 2.21. The monoisotopic (exact) mass is 260 g/mol. The number of piperazine rings is 1. The average Bonchev–Trinajstić information content (AvgIpc) is 2.46. The van der Waals surface area contributed by atoms with E-state index in [0.717, 1.165) is 38.4 Å². The molecule has 0 bridgehead atoms. The van der Waals surface area contributed by atoms with Crippen LogP contribution in [0.2, 0.25) is 0 Å². The lowest BCUT2D eigenvalue weighted by Gasteiger charge is -2.35. The molecule has 0 aromatic carbocycles. The van der Waals surface area contributed by atoms with E-state index in [9.17, 15) is 0 Å². The van der Waals surface area contributed by atoms with Crippen LogP contribution in [0.5, 0.6) is 0 Å². The summed E-state index contributed by atoms with van der Waals surface area (Å²) < 4.78 is 0. The van der Waals surface area contributed by atoms with Crippen molar-refractivity contribution in [3.8, 4) is 0 Å². The second-order valence-corrected chi connectivity index (χ2v) is 5.78. The van der Waals surface area contributed by atoms with E-state index in [1.807, 2.05) is 0 Å². The van der Waals surface area contributed by atoms with Crippen molar-refractivity contribution < 1.29 is 0 Å². The molecule has 1 saturated heterocycles. The summed E-state index contributed by atoms with van der Waals surface area (Å²) in [6, 6.07) is 2.31. The van der Waals surface area contributed by atoms with Gasteiger partial charge in [-0.05, 0) is 44.4 Å². The molecule has 2 aliphatic rings. The number of aryl methyl sites for hydroxylation is 2. The topological polar surface area (TPSA) is 45.4 Å². The van der Waals surface area contributed by atoms with Gasteiger partial charge in [0.1, 0.15) is 5.82 Å². The van der Waals surface area contributed by atoms with E-state index in [1.54, 1.807) is 0 Å². The highest BCUT2D eigenvalue weighted by Crippen LogP contribution is 2.27. The highest BCUT2D eigenvalue weighted by atomic mass is 15.3. The first-order valence-electron chi connectivity index (χ1n) is 7.43. The summed E-state index contributed by atoms with van der Waals surface area (Å²) in [5.74, 6) is 1.15. The van der Waals surface area contributed by atoms with E-state index < -0.39 is 0 Å². The van der Waals surface area contributed by atoms with Gasteiger partial charge in [-0.1, -0.05) is 0 Å². The standard InChI is InChI=1S/C15H24N4/c1-18-6-8-19(9-7-18)15-13(11-16)10-12-4-2-3-5-14(12)17-15/h10H,2-9,11,16H2,1H3. The Kier molecular flexibility index (Phi) is 3.71. The van der Waals surface area contributed by atoms with Gasteiger partial charge in [-0.25, -0.2) is 4.98 Å². The lowest BCUT2D eigenvalue weighted by molar-refractivity contribution is 0.311. The largest absolute Gasteiger partial charge is 0.354 e. The molecule has 0 radical (unpaired) electrons. The molecule has 1 aromatic heterocycles. The van der Waals surface area contributed by atoms with Crippen molar-refractivity contribution in [3.63, 3.8) is 0 Å². The maximum atomic E-state index is 5.94. The van der Waals surface area contributed by atoms with Crippen LogP contribution in [-0.4, -0.2) is 43.1 Å². The molecule has 0 atom stereocenters. The Morgan fingerprint density at radius 1 is 1.16 bits per heavy atom. The first-order chi connectivity index (χ1) is 9.28. The second kappa shape index (κ2) is 5.47. The number of fused-ring (bicyclic) bond motifs is 1. The fourth-order valence-corrected chi connectivity index (χ4v) is 3.11. The van der Waals surface area contributed by atoms with Crippen LogP contribution in [0, 0.1) is 0 Å². The van der Waals surface area contributed by atoms with Crippen LogP contribution < -0.4 is 10.6 Å². The number of hydrogen-bond donors (Lipinski definition) is 1. The lowest BCUT2D eigenvalue weighted by Crippen LogP contribution is -2.45. The smallest absolute Gasteiger partial charge is 0.133 e. The van der Waals surface area contributed by atoms with E-state index in [4.69, 9.17) is 10.7 Å². The summed E-state index contributed by atoms with van der Waals surface area (Å²) >= 11 is 0. The maximum Gasteiger partial charge on any atom is 0.133 e.